The summed E-state index contributed by atoms with van der Waals surface area (Å²) >= 11 is 3.83. The number of morpholine rings is 1. The molecule has 3 heterocycles. The van der Waals surface area contributed by atoms with Gasteiger partial charge in [0.1, 0.15) is 26.4 Å². The zero-order valence-electron chi connectivity index (χ0n) is 15.1. The van der Waals surface area contributed by atoms with E-state index in [1.165, 1.54) is 0 Å². The second-order valence-electron chi connectivity index (χ2n) is 6.92. The van der Waals surface area contributed by atoms with E-state index in [0.29, 0.717) is 11.4 Å². The molecule has 26 heavy (non-hydrogen) atoms. The van der Waals surface area contributed by atoms with Crippen molar-refractivity contribution in [1.82, 2.24) is 4.98 Å². The average molecular weight is 456 g/mol. The van der Waals surface area contributed by atoms with Gasteiger partial charge in [-0.2, -0.15) is 11.3 Å². The average Bonchev–Trinajstić information content (AvgIpc) is 3.13. The van der Waals surface area contributed by atoms with Crippen LogP contribution in [0.4, 0.5) is 5.69 Å². The highest BCUT2D eigenvalue weighted by Crippen LogP contribution is 2.27. The fourth-order valence-corrected chi connectivity index (χ4v) is 4.32. The Morgan fingerprint density at radius 2 is 2.04 bits per heavy atom. The van der Waals surface area contributed by atoms with Crippen LogP contribution in [-0.2, 0) is 16.1 Å². The summed E-state index contributed by atoms with van der Waals surface area (Å²) in [7, 11) is 0. The van der Waals surface area contributed by atoms with Crippen molar-refractivity contribution in [2.45, 2.75) is 25.5 Å². The molecule has 0 amide bonds. The molecular weight excluding hydrogens is 434 g/mol. The van der Waals surface area contributed by atoms with Gasteiger partial charge in [0.05, 0.1) is 24.6 Å². The van der Waals surface area contributed by atoms with Crippen LogP contribution in [0.3, 0.4) is 0 Å². The second-order valence-corrected chi connectivity index (χ2v) is 10.4. The smallest absolute Gasteiger partial charge is 0.148 e. The summed E-state index contributed by atoms with van der Waals surface area (Å²) in [5.41, 5.74) is 3.35. The van der Waals surface area contributed by atoms with Crippen LogP contribution < -0.4 is 4.90 Å². The molecule has 1 fully saturated rings. The van der Waals surface area contributed by atoms with Crippen molar-refractivity contribution < 1.29 is 9.29 Å². The molecule has 1 unspecified atom stereocenters. The number of nitrogens with zero attached hydrogens (tertiary/aromatic N) is 3. The summed E-state index contributed by atoms with van der Waals surface area (Å²) in [6, 6.07) is 5.97. The maximum Gasteiger partial charge on any atom is 0.148 e. The summed E-state index contributed by atoms with van der Waals surface area (Å²) in [6.07, 6.45) is 0. The Balaban J connectivity index is 1.97. The minimum absolute atomic E-state index is 0.424. The molecule has 140 valence electrons. The van der Waals surface area contributed by atoms with Crippen molar-refractivity contribution >= 4 is 50.0 Å². The van der Waals surface area contributed by atoms with Crippen LogP contribution in [0.2, 0.25) is 0 Å². The van der Waals surface area contributed by atoms with Gasteiger partial charge in [0.25, 0.3) is 0 Å². The normalized spacial score (nSPS) is 17.4. The number of aromatic nitrogens is 1. The number of halogens is 1. The summed E-state index contributed by atoms with van der Waals surface area (Å²) in [6.45, 7) is 8.90. The van der Waals surface area contributed by atoms with E-state index in [-0.39, 0.29) is 0 Å². The Bertz CT molecular complexity index is 769. The van der Waals surface area contributed by atoms with Gasteiger partial charge in [-0.15, -0.1) is 0 Å². The minimum Gasteiger partial charge on any atom is -0.591 e. The third kappa shape index (κ3) is 4.67. The van der Waals surface area contributed by atoms with Crippen molar-refractivity contribution in [3.63, 3.8) is 0 Å². The molecule has 0 spiro atoms. The van der Waals surface area contributed by atoms with Gasteiger partial charge < -0.3 is 14.2 Å². The maximum absolute atomic E-state index is 12.6. The van der Waals surface area contributed by atoms with Gasteiger partial charge in [0, 0.05) is 24.0 Å². The number of ether oxygens (including phenoxy) is 1. The third-order valence-electron chi connectivity index (χ3n) is 3.92. The van der Waals surface area contributed by atoms with Crippen LogP contribution in [0.1, 0.15) is 32.0 Å². The molecule has 0 aliphatic carbocycles. The highest BCUT2D eigenvalue weighted by Gasteiger charge is 2.28. The monoisotopic (exact) mass is 455 g/mol. The lowest BCUT2D eigenvalue weighted by atomic mass is 10.1. The van der Waals surface area contributed by atoms with Gasteiger partial charge in [0.2, 0.25) is 0 Å². The lowest BCUT2D eigenvalue weighted by molar-refractivity contribution is 0.122. The molecule has 8 heteroatoms. The predicted octanol–water partition coefficient (Wildman–Crippen LogP) is 4.04. The molecule has 0 bridgehead atoms. The number of hydrogen-bond donors (Lipinski definition) is 0. The number of rotatable bonds is 4. The number of pyridine rings is 1. The van der Waals surface area contributed by atoms with Crippen molar-refractivity contribution in [1.29, 1.82) is 0 Å². The first kappa shape index (κ1) is 19.8. The highest BCUT2D eigenvalue weighted by atomic mass is 79.9. The predicted molar refractivity (Wildman–Crippen MR) is 113 cm³/mol. The number of thiophene rings is 1. The van der Waals surface area contributed by atoms with Gasteiger partial charge in [-0.05, 0) is 60.3 Å². The fourth-order valence-electron chi connectivity index (χ4n) is 2.47. The van der Waals surface area contributed by atoms with Crippen LogP contribution in [-0.4, -0.2) is 46.3 Å². The molecule has 0 saturated carbocycles. The standard InChI is InChI=1S/C18H22BrN3O2S2/c1-18(2,3)26(23)21-16(13-6-11-25-12-13)14-4-5-15(17(19)20-14)22-7-9-24-10-8-22/h4-6,11-12H,7-10H2,1-3H3/b21-16-. The summed E-state index contributed by atoms with van der Waals surface area (Å²) in [4.78, 5) is 6.96. The molecule has 1 saturated heterocycles. The zero-order valence-corrected chi connectivity index (χ0v) is 18.3. The van der Waals surface area contributed by atoms with Crippen LogP contribution in [0.15, 0.2) is 38.0 Å². The fraction of sp³-hybridized carbons (Fsp3) is 0.444. The Kier molecular flexibility index (Phi) is 6.40. The van der Waals surface area contributed by atoms with E-state index in [4.69, 9.17) is 9.72 Å². The molecule has 0 aromatic carbocycles. The molecular formula is C18H22BrN3O2S2. The maximum atomic E-state index is 12.6. The number of anilines is 1. The lowest BCUT2D eigenvalue weighted by Gasteiger charge is -2.29. The molecule has 1 aliphatic heterocycles. The topological polar surface area (TPSA) is 60.8 Å². The van der Waals surface area contributed by atoms with E-state index in [1.807, 2.05) is 49.7 Å². The van der Waals surface area contributed by atoms with E-state index < -0.39 is 16.1 Å². The molecule has 2 aromatic rings. The quantitative estimate of drug-likeness (QED) is 0.396. The van der Waals surface area contributed by atoms with Gasteiger partial charge in [-0.25, -0.2) is 4.98 Å². The Morgan fingerprint density at radius 3 is 2.62 bits per heavy atom. The van der Waals surface area contributed by atoms with Crippen molar-refractivity contribution in [3.8, 4) is 0 Å². The molecule has 0 N–H and O–H groups in total. The Morgan fingerprint density at radius 1 is 1.31 bits per heavy atom. The number of hydrogen-bond acceptors (Lipinski definition) is 6. The van der Waals surface area contributed by atoms with Gasteiger partial charge >= 0.3 is 0 Å². The first-order valence-corrected chi connectivity index (χ1v) is 11.2. The van der Waals surface area contributed by atoms with Crippen LogP contribution in [0, 0.1) is 0 Å². The van der Waals surface area contributed by atoms with Crippen LogP contribution in [0.5, 0.6) is 0 Å². The summed E-state index contributed by atoms with van der Waals surface area (Å²) < 4.78 is 22.9. The minimum atomic E-state index is -1.36. The van der Waals surface area contributed by atoms with Crippen molar-refractivity contribution in [3.05, 3.63) is 44.8 Å². The Labute approximate surface area is 169 Å². The van der Waals surface area contributed by atoms with E-state index in [0.717, 1.165) is 42.2 Å². The second kappa shape index (κ2) is 8.39. The van der Waals surface area contributed by atoms with Gasteiger partial charge in [0.15, 0.2) is 0 Å². The first-order valence-electron chi connectivity index (χ1n) is 8.39. The summed E-state index contributed by atoms with van der Waals surface area (Å²) in [5.74, 6) is 0. The molecule has 0 radical (unpaired) electrons. The largest absolute Gasteiger partial charge is 0.591 e. The van der Waals surface area contributed by atoms with Gasteiger partial charge in [-0.3, -0.25) is 0 Å². The molecule has 2 aromatic heterocycles. The SMILES string of the molecule is CC(C)(C)[S+]([O-])/N=C(/c1ccsc1)c1ccc(N2CCOCC2)c(Br)n1. The van der Waals surface area contributed by atoms with E-state index in [9.17, 15) is 4.55 Å². The van der Waals surface area contributed by atoms with E-state index in [1.54, 1.807) is 11.3 Å². The molecule has 1 atom stereocenters. The van der Waals surface area contributed by atoms with Gasteiger partial charge in [-0.1, -0.05) is 4.40 Å². The van der Waals surface area contributed by atoms with E-state index in [2.05, 4.69) is 25.2 Å². The molecule has 3 rings (SSSR count). The molecule has 1 aliphatic rings. The first-order chi connectivity index (χ1) is 12.4. The van der Waals surface area contributed by atoms with Crippen LogP contribution in [0.25, 0.3) is 0 Å². The highest BCUT2D eigenvalue weighted by molar-refractivity contribution is 9.10. The lowest BCUT2D eigenvalue weighted by Crippen LogP contribution is -2.36. The van der Waals surface area contributed by atoms with Crippen molar-refractivity contribution in [2.75, 3.05) is 31.2 Å². The summed E-state index contributed by atoms with van der Waals surface area (Å²) in [5, 5.41) is 3.99. The van der Waals surface area contributed by atoms with E-state index >= 15 is 0 Å². The van der Waals surface area contributed by atoms with Crippen LogP contribution >= 0.6 is 27.3 Å². The van der Waals surface area contributed by atoms with Crippen molar-refractivity contribution in [2.24, 2.45) is 4.40 Å². The zero-order chi connectivity index (χ0) is 18.7. The Hall–Kier alpha value is -0.930. The molecule has 5 nitrogen and oxygen atoms in total. The third-order valence-corrected chi connectivity index (χ3v) is 6.58.